The zero-order chi connectivity index (χ0) is 13.0. The molecule has 0 radical (unpaired) electrons. The van der Waals surface area contributed by atoms with E-state index >= 15 is 0 Å². The van der Waals surface area contributed by atoms with Crippen molar-refractivity contribution in [1.82, 2.24) is 0 Å². The maximum atomic E-state index is 12.1. The van der Waals surface area contributed by atoms with Crippen molar-refractivity contribution in [2.24, 2.45) is 11.8 Å². The van der Waals surface area contributed by atoms with E-state index in [1.165, 1.54) is 24.0 Å². The maximum absolute atomic E-state index is 12.1. The number of carbonyl (C=O) groups excluding carboxylic acids is 1. The van der Waals surface area contributed by atoms with Crippen LogP contribution in [0.25, 0.3) is 0 Å². The maximum Gasteiger partial charge on any atom is 0.136 e. The molecule has 0 saturated heterocycles. The molecule has 0 aromatic heterocycles. The van der Waals surface area contributed by atoms with Crippen LogP contribution in [0.15, 0.2) is 24.3 Å². The second-order valence-corrected chi connectivity index (χ2v) is 5.49. The third kappa shape index (κ3) is 3.01. The van der Waals surface area contributed by atoms with Gasteiger partial charge in [0.1, 0.15) is 5.78 Å². The van der Waals surface area contributed by atoms with E-state index in [9.17, 15) is 4.79 Å². The second kappa shape index (κ2) is 6.17. The Morgan fingerprint density at radius 2 is 1.78 bits per heavy atom. The van der Waals surface area contributed by atoms with Gasteiger partial charge >= 0.3 is 0 Å². The quantitative estimate of drug-likeness (QED) is 0.733. The van der Waals surface area contributed by atoms with E-state index in [-0.39, 0.29) is 0 Å². The summed E-state index contributed by atoms with van der Waals surface area (Å²) in [6.45, 7) is 4.37. The molecule has 18 heavy (non-hydrogen) atoms. The first-order valence-electron chi connectivity index (χ1n) is 7.35. The summed E-state index contributed by atoms with van der Waals surface area (Å²) in [5.41, 5.74) is 2.67. The Labute approximate surface area is 111 Å². The monoisotopic (exact) mass is 244 g/mol. The molecular weight excluding hydrogens is 220 g/mol. The molecular formula is C17H24O. The summed E-state index contributed by atoms with van der Waals surface area (Å²) in [6, 6.07) is 8.70. The Balaban J connectivity index is 1.81. The van der Waals surface area contributed by atoms with Crippen LogP contribution in [0.1, 0.15) is 50.7 Å². The number of hydrogen-bond acceptors (Lipinski definition) is 1. The van der Waals surface area contributed by atoms with E-state index in [2.05, 4.69) is 38.1 Å². The average Bonchev–Trinajstić information content (AvgIpc) is 2.36. The highest BCUT2D eigenvalue weighted by Gasteiger charge is 2.34. The van der Waals surface area contributed by atoms with Gasteiger partial charge in [-0.25, -0.2) is 0 Å². The Hall–Kier alpha value is -1.11. The summed E-state index contributed by atoms with van der Waals surface area (Å²) in [5, 5.41) is 0. The molecule has 2 unspecified atom stereocenters. The number of aryl methyl sites for hydroxylation is 2. The molecule has 0 amide bonds. The van der Waals surface area contributed by atoms with E-state index < -0.39 is 0 Å². The van der Waals surface area contributed by atoms with Crippen LogP contribution in [0, 0.1) is 11.8 Å². The zero-order valence-corrected chi connectivity index (χ0v) is 11.6. The van der Waals surface area contributed by atoms with Gasteiger partial charge in [-0.05, 0) is 42.7 Å². The third-order valence-corrected chi connectivity index (χ3v) is 4.45. The minimum Gasteiger partial charge on any atom is -0.299 e. The lowest BCUT2D eigenvalue weighted by molar-refractivity contribution is -0.128. The summed E-state index contributed by atoms with van der Waals surface area (Å²) >= 11 is 0. The Bertz CT molecular complexity index is 389. The second-order valence-electron chi connectivity index (χ2n) is 5.49. The van der Waals surface area contributed by atoms with Gasteiger partial charge in [0.15, 0.2) is 0 Å². The van der Waals surface area contributed by atoms with Crippen LogP contribution >= 0.6 is 0 Å². The molecule has 2 rings (SSSR count). The number of carbonyl (C=O) groups is 1. The molecule has 1 heteroatoms. The minimum absolute atomic E-state index is 0.380. The van der Waals surface area contributed by atoms with Gasteiger partial charge in [0.2, 0.25) is 0 Å². The zero-order valence-electron chi connectivity index (χ0n) is 11.6. The van der Waals surface area contributed by atoms with Gasteiger partial charge in [0.05, 0.1) is 0 Å². The topological polar surface area (TPSA) is 17.1 Å². The van der Waals surface area contributed by atoms with Crippen molar-refractivity contribution in [2.75, 3.05) is 0 Å². The number of ketones is 1. The van der Waals surface area contributed by atoms with Crippen molar-refractivity contribution in [1.29, 1.82) is 0 Å². The van der Waals surface area contributed by atoms with Gasteiger partial charge in [0.25, 0.3) is 0 Å². The average molecular weight is 244 g/mol. The number of Topliss-reactive ketones (excluding diaryl/α,β-unsaturated/α-hetero) is 1. The van der Waals surface area contributed by atoms with Crippen LogP contribution in [0.3, 0.4) is 0 Å². The van der Waals surface area contributed by atoms with Crippen LogP contribution in [-0.4, -0.2) is 5.78 Å². The van der Waals surface area contributed by atoms with Gasteiger partial charge in [0, 0.05) is 12.3 Å². The molecule has 1 fully saturated rings. The summed E-state index contributed by atoms with van der Waals surface area (Å²) < 4.78 is 0. The number of hydrogen-bond donors (Lipinski definition) is 0. The first-order chi connectivity index (χ1) is 8.74. The van der Waals surface area contributed by atoms with E-state index in [0.29, 0.717) is 17.6 Å². The van der Waals surface area contributed by atoms with Crippen molar-refractivity contribution in [2.45, 2.75) is 52.4 Å². The highest BCUT2D eigenvalue weighted by atomic mass is 16.1. The predicted octanol–water partition coefficient (Wildman–Crippen LogP) is 4.19. The van der Waals surface area contributed by atoms with Crippen LogP contribution in [-0.2, 0) is 17.6 Å². The van der Waals surface area contributed by atoms with E-state index in [1.54, 1.807) is 0 Å². The lowest BCUT2D eigenvalue weighted by Crippen LogP contribution is -2.32. The van der Waals surface area contributed by atoms with E-state index in [1.807, 2.05) is 0 Å². The van der Waals surface area contributed by atoms with Gasteiger partial charge in [-0.2, -0.15) is 0 Å². The number of benzene rings is 1. The summed E-state index contributed by atoms with van der Waals surface area (Å²) in [7, 11) is 0. The fourth-order valence-corrected chi connectivity index (χ4v) is 2.88. The van der Waals surface area contributed by atoms with Crippen molar-refractivity contribution < 1.29 is 4.79 Å². The lowest BCUT2D eigenvalue weighted by Gasteiger charge is -2.34. The largest absolute Gasteiger partial charge is 0.299 e. The highest BCUT2D eigenvalue weighted by molar-refractivity contribution is 5.82. The molecule has 0 heterocycles. The smallest absolute Gasteiger partial charge is 0.136 e. The normalized spacial score (nSPS) is 22.6. The third-order valence-electron chi connectivity index (χ3n) is 4.45. The molecule has 0 aliphatic heterocycles. The molecule has 2 atom stereocenters. The van der Waals surface area contributed by atoms with E-state index in [0.717, 1.165) is 25.7 Å². The minimum atomic E-state index is 0.380. The van der Waals surface area contributed by atoms with Crippen LogP contribution in [0.5, 0.6) is 0 Å². The highest BCUT2D eigenvalue weighted by Crippen LogP contribution is 2.37. The van der Waals surface area contributed by atoms with Crippen molar-refractivity contribution in [3.8, 4) is 0 Å². The van der Waals surface area contributed by atoms with Gasteiger partial charge < -0.3 is 0 Å². The van der Waals surface area contributed by atoms with Crippen molar-refractivity contribution >= 4 is 5.78 Å². The standard InChI is InChI=1S/C17H24O/c1-3-13-5-7-14(8-6-13)9-12-17(18)16-11-10-15(16)4-2/h5-8,15-16H,3-4,9-12H2,1-2H3. The molecule has 0 N–H and O–H groups in total. The molecule has 1 saturated carbocycles. The summed E-state index contributed by atoms with van der Waals surface area (Å²) in [5.74, 6) is 1.55. The Morgan fingerprint density at radius 3 is 2.28 bits per heavy atom. The number of rotatable bonds is 6. The summed E-state index contributed by atoms with van der Waals surface area (Å²) in [6.07, 6.45) is 6.29. The molecule has 1 nitrogen and oxygen atoms in total. The van der Waals surface area contributed by atoms with Gasteiger partial charge in [-0.3, -0.25) is 4.79 Å². The van der Waals surface area contributed by atoms with Crippen LogP contribution in [0.2, 0.25) is 0 Å². The van der Waals surface area contributed by atoms with Crippen molar-refractivity contribution in [3.63, 3.8) is 0 Å². The summed E-state index contributed by atoms with van der Waals surface area (Å²) in [4.78, 5) is 12.1. The Kier molecular flexibility index (Phi) is 4.57. The molecule has 1 aliphatic carbocycles. The van der Waals surface area contributed by atoms with E-state index in [4.69, 9.17) is 0 Å². The first-order valence-corrected chi connectivity index (χ1v) is 7.35. The SMILES string of the molecule is CCc1ccc(CCC(=O)C2CCC2CC)cc1. The van der Waals surface area contributed by atoms with Crippen LogP contribution in [0.4, 0.5) is 0 Å². The van der Waals surface area contributed by atoms with Gasteiger partial charge in [-0.15, -0.1) is 0 Å². The van der Waals surface area contributed by atoms with Gasteiger partial charge in [-0.1, -0.05) is 44.5 Å². The fraction of sp³-hybridized carbons (Fsp3) is 0.588. The molecule has 1 aromatic rings. The first kappa shape index (κ1) is 13.3. The molecule has 0 spiro atoms. The predicted molar refractivity (Wildman–Crippen MR) is 75.7 cm³/mol. The Morgan fingerprint density at radius 1 is 1.11 bits per heavy atom. The van der Waals surface area contributed by atoms with Crippen LogP contribution < -0.4 is 0 Å². The molecule has 1 aromatic carbocycles. The van der Waals surface area contributed by atoms with Crippen molar-refractivity contribution in [3.05, 3.63) is 35.4 Å². The molecule has 98 valence electrons. The fourth-order valence-electron chi connectivity index (χ4n) is 2.88. The molecule has 0 bridgehead atoms. The molecule has 1 aliphatic rings. The lowest BCUT2D eigenvalue weighted by atomic mass is 9.69.